The third-order valence-electron chi connectivity index (χ3n) is 3.71. The van der Waals surface area contributed by atoms with Gasteiger partial charge in [-0.3, -0.25) is 0 Å². The Morgan fingerprint density at radius 2 is 1.90 bits per heavy atom. The smallest absolute Gasteiger partial charge is 0.160 e. The van der Waals surface area contributed by atoms with E-state index >= 15 is 0 Å². The molecule has 0 atom stereocenters. The van der Waals surface area contributed by atoms with E-state index in [4.69, 9.17) is 10.7 Å². The first kappa shape index (κ1) is 13.6. The summed E-state index contributed by atoms with van der Waals surface area (Å²) >= 11 is 0. The van der Waals surface area contributed by atoms with Gasteiger partial charge in [0, 0.05) is 24.3 Å². The summed E-state index contributed by atoms with van der Waals surface area (Å²) < 4.78 is 2.22. The van der Waals surface area contributed by atoms with Crippen molar-refractivity contribution in [2.24, 2.45) is 0 Å². The molecule has 2 heterocycles. The minimum absolute atomic E-state index is 0.341. The van der Waals surface area contributed by atoms with Crippen LogP contribution in [0.3, 0.4) is 0 Å². The molecule has 4 nitrogen and oxygen atoms in total. The van der Waals surface area contributed by atoms with Gasteiger partial charge in [-0.05, 0) is 44.0 Å². The quantitative estimate of drug-likeness (QED) is 0.745. The van der Waals surface area contributed by atoms with Crippen LogP contribution >= 0.6 is 0 Å². The van der Waals surface area contributed by atoms with E-state index in [0.29, 0.717) is 6.04 Å². The van der Waals surface area contributed by atoms with Gasteiger partial charge in [0.05, 0.1) is 0 Å². The van der Waals surface area contributed by atoms with Gasteiger partial charge in [0.2, 0.25) is 0 Å². The summed E-state index contributed by atoms with van der Waals surface area (Å²) in [7, 11) is 0. The summed E-state index contributed by atoms with van der Waals surface area (Å²) in [5.41, 5.74) is 9.96. The Kier molecular flexibility index (Phi) is 3.60. The summed E-state index contributed by atoms with van der Waals surface area (Å²) in [6.07, 6.45) is 3.58. The Hall–Kier alpha value is -2.36. The molecule has 3 rings (SSSR count). The molecule has 0 saturated heterocycles. The molecule has 0 radical (unpaired) electrons. The molecule has 0 fully saturated rings. The molecule has 0 aliphatic heterocycles. The van der Waals surface area contributed by atoms with Crippen molar-refractivity contribution in [1.29, 1.82) is 0 Å². The standard InChI is InChI=1S/C17H20N4/c1-12(2)21-16(20-15-8-5-11-19-17(15)21)10-9-13-6-3-4-7-14(13)18/h3-8,11-12H,9-10,18H2,1-2H3. The van der Waals surface area contributed by atoms with Crippen LogP contribution in [0.25, 0.3) is 11.2 Å². The Morgan fingerprint density at radius 3 is 2.67 bits per heavy atom. The molecule has 1 aromatic carbocycles. The molecule has 0 saturated carbocycles. The lowest BCUT2D eigenvalue weighted by Crippen LogP contribution is -2.08. The van der Waals surface area contributed by atoms with E-state index in [-0.39, 0.29) is 0 Å². The lowest BCUT2D eigenvalue weighted by atomic mass is 10.1. The number of aryl methyl sites for hydroxylation is 2. The molecule has 3 aromatic rings. The first-order chi connectivity index (χ1) is 10.2. The predicted molar refractivity (Wildman–Crippen MR) is 86.2 cm³/mol. The minimum atomic E-state index is 0.341. The molecule has 0 bridgehead atoms. The zero-order valence-corrected chi connectivity index (χ0v) is 12.5. The summed E-state index contributed by atoms with van der Waals surface area (Å²) in [5.74, 6) is 1.07. The summed E-state index contributed by atoms with van der Waals surface area (Å²) in [6.45, 7) is 4.33. The molecule has 21 heavy (non-hydrogen) atoms. The molecule has 0 aliphatic carbocycles. The SMILES string of the molecule is CC(C)n1c(CCc2ccccc2N)nc2cccnc21. The number of fused-ring (bicyclic) bond motifs is 1. The minimum Gasteiger partial charge on any atom is -0.399 e. The van der Waals surface area contributed by atoms with Crippen LogP contribution < -0.4 is 5.73 Å². The zero-order valence-electron chi connectivity index (χ0n) is 12.5. The third kappa shape index (κ3) is 2.61. The van der Waals surface area contributed by atoms with Gasteiger partial charge in [-0.2, -0.15) is 0 Å². The lowest BCUT2D eigenvalue weighted by molar-refractivity contribution is 0.578. The summed E-state index contributed by atoms with van der Waals surface area (Å²) in [6, 6.07) is 12.3. The van der Waals surface area contributed by atoms with Gasteiger partial charge in [0.15, 0.2) is 5.65 Å². The number of nitrogen functional groups attached to an aromatic ring is 1. The van der Waals surface area contributed by atoms with Crippen molar-refractivity contribution in [3.05, 3.63) is 54.0 Å². The number of benzene rings is 1. The number of hydrogen-bond acceptors (Lipinski definition) is 3. The molecule has 0 unspecified atom stereocenters. The normalized spacial score (nSPS) is 11.4. The van der Waals surface area contributed by atoms with Crippen LogP contribution in [-0.4, -0.2) is 14.5 Å². The number of para-hydroxylation sites is 1. The van der Waals surface area contributed by atoms with Crippen LogP contribution in [0, 0.1) is 0 Å². The molecule has 0 amide bonds. The highest BCUT2D eigenvalue weighted by Gasteiger charge is 2.14. The van der Waals surface area contributed by atoms with Gasteiger partial charge in [0.25, 0.3) is 0 Å². The fraction of sp³-hybridized carbons (Fsp3) is 0.294. The van der Waals surface area contributed by atoms with Crippen molar-refractivity contribution < 1.29 is 0 Å². The second kappa shape index (κ2) is 5.56. The second-order valence-corrected chi connectivity index (χ2v) is 5.54. The van der Waals surface area contributed by atoms with E-state index in [2.05, 4.69) is 29.5 Å². The first-order valence-electron chi connectivity index (χ1n) is 7.32. The van der Waals surface area contributed by atoms with E-state index in [0.717, 1.165) is 35.5 Å². The monoisotopic (exact) mass is 280 g/mol. The van der Waals surface area contributed by atoms with Crippen LogP contribution in [0.15, 0.2) is 42.6 Å². The van der Waals surface area contributed by atoms with Crippen molar-refractivity contribution in [2.75, 3.05) is 5.73 Å². The third-order valence-corrected chi connectivity index (χ3v) is 3.71. The maximum atomic E-state index is 6.02. The molecule has 108 valence electrons. The number of nitrogens with two attached hydrogens (primary N) is 1. The van der Waals surface area contributed by atoms with E-state index in [1.807, 2.05) is 36.5 Å². The van der Waals surface area contributed by atoms with Crippen molar-refractivity contribution in [3.8, 4) is 0 Å². The predicted octanol–water partition coefficient (Wildman–Crippen LogP) is 3.38. The highest BCUT2D eigenvalue weighted by atomic mass is 15.1. The van der Waals surface area contributed by atoms with Gasteiger partial charge in [0.1, 0.15) is 11.3 Å². The average Bonchev–Trinajstić information content (AvgIpc) is 2.85. The largest absolute Gasteiger partial charge is 0.399 e. The highest BCUT2D eigenvalue weighted by Crippen LogP contribution is 2.21. The molecular formula is C17H20N4. The Labute approximate surface area is 124 Å². The molecule has 0 spiro atoms. The van der Waals surface area contributed by atoms with Gasteiger partial charge in [-0.1, -0.05) is 18.2 Å². The van der Waals surface area contributed by atoms with Crippen molar-refractivity contribution in [3.63, 3.8) is 0 Å². The van der Waals surface area contributed by atoms with Crippen molar-refractivity contribution >= 4 is 16.9 Å². The molecule has 4 heteroatoms. The van der Waals surface area contributed by atoms with Crippen molar-refractivity contribution in [2.45, 2.75) is 32.7 Å². The van der Waals surface area contributed by atoms with Gasteiger partial charge >= 0.3 is 0 Å². The van der Waals surface area contributed by atoms with Crippen LogP contribution in [-0.2, 0) is 12.8 Å². The van der Waals surface area contributed by atoms with Crippen LogP contribution in [0.2, 0.25) is 0 Å². The average molecular weight is 280 g/mol. The van der Waals surface area contributed by atoms with E-state index in [1.165, 1.54) is 5.56 Å². The fourth-order valence-corrected chi connectivity index (χ4v) is 2.70. The Bertz CT molecular complexity index is 758. The summed E-state index contributed by atoms with van der Waals surface area (Å²) in [5, 5.41) is 0. The van der Waals surface area contributed by atoms with E-state index < -0.39 is 0 Å². The summed E-state index contributed by atoms with van der Waals surface area (Å²) in [4.78, 5) is 9.21. The number of imidazole rings is 1. The van der Waals surface area contributed by atoms with E-state index in [1.54, 1.807) is 0 Å². The van der Waals surface area contributed by atoms with Crippen LogP contribution in [0.1, 0.15) is 31.3 Å². The lowest BCUT2D eigenvalue weighted by Gasteiger charge is -2.12. The highest BCUT2D eigenvalue weighted by molar-refractivity contribution is 5.71. The Balaban J connectivity index is 1.93. The topological polar surface area (TPSA) is 56.7 Å². The van der Waals surface area contributed by atoms with Gasteiger partial charge in [-0.15, -0.1) is 0 Å². The first-order valence-corrected chi connectivity index (χ1v) is 7.32. The van der Waals surface area contributed by atoms with Crippen LogP contribution in [0.5, 0.6) is 0 Å². The fourth-order valence-electron chi connectivity index (χ4n) is 2.70. The zero-order chi connectivity index (χ0) is 14.8. The van der Waals surface area contributed by atoms with E-state index in [9.17, 15) is 0 Å². The maximum absolute atomic E-state index is 6.02. The number of pyridine rings is 1. The number of anilines is 1. The van der Waals surface area contributed by atoms with Crippen LogP contribution in [0.4, 0.5) is 5.69 Å². The number of rotatable bonds is 4. The molecule has 2 N–H and O–H groups in total. The van der Waals surface area contributed by atoms with Gasteiger partial charge < -0.3 is 10.3 Å². The number of hydrogen-bond donors (Lipinski definition) is 1. The molecule has 2 aromatic heterocycles. The molecular weight excluding hydrogens is 260 g/mol. The number of aromatic nitrogens is 3. The second-order valence-electron chi connectivity index (χ2n) is 5.54. The van der Waals surface area contributed by atoms with Gasteiger partial charge in [-0.25, -0.2) is 9.97 Å². The Morgan fingerprint density at radius 1 is 1.10 bits per heavy atom. The van der Waals surface area contributed by atoms with Crippen molar-refractivity contribution in [1.82, 2.24) is 14.5 Å². The maximum Gasteiger partial charge on any atom is 0.160 e. The molecule has 0 aliphatic rings. The number of nitrogens with zero attached hydrogens (tertiary/aromatic N) is 3.